The summed E-state index contributed by atoms with van der Waals surface area (Å²) >= 11 is 1.65. The van der Waals surface area contributed by atoms with Gasteiger partial charge in [-0.05, 0) is 31.3 Å². The normalized spacial score (nSPS) is 17.7. The van der Waals surface area contributed by atoms with Crippen LogP contribution in [-0.4, -0.2) is 36.0 Å². The molecule has 0 radical (unpaired) electrons. The molecule has 98 valence electrons. The van der Waals surface area contributed by atoms with E-state index >= 15 is 0 Å². The largest absolute Gasteiger partial charge is 0.352 e. The van der Waals surface area contributed by atoms with Gasteiger partial charge in [0.1, 0.15) is 6.04 Å². The number of primary amides is 1. The predicted octanol–water partition coefficient (Wildman–Crippen LogP) is 0.835. The maximum atomic E-state index is 11.9. The van der Waals surface area contributed by atoms with Crippen molar-refractivity contribution >= 4 is 23.7 Å². The Morgan fingerprint density at radius 2 is 2.06 bits per heavy atom. The molecule has 1 aliphatic rings. The van der Waals surface area contributed by atoms with Crippen LogP contribution in [0.3, 0.4) is 0 Å². The molecule has 0 aromatic heterocycles. The van der Waals surface area contributed by atoms with Gasteiger partial charge in [0.25, 0.3) is 0 Å². The number of amides is 3. The smallest absolute Gasteiger partial charge is 0.312 e. The third-order valence-corrected chi connectivity index (χ3v) is 3.59. The highest BCUT2D eigenvalue weighted by atomic mass is 32.2. The van der Waals surface area contributed by atoms with Gasteiger partial charge >= 0.3 is 6.03 Å². The van der Waals surface area contributed by atoms with Gasteiger partial charge in [-0.1, -0.05) is 12.8 Å². The van der Waals surface area contributed by atoms with Gasteiger partial charge in [-0.2, -0.15) is 11.8 Å². The fourth-order valence-corrected chi connectivity index (χ4v) is 2.52. The van der Waals surface area contributed by atoms with Crippen molar-refractivity contribution in [3.8, 4) is 0 Å². The monoisotopic (exact) mass is 259 g/mol. The Morgan fingerprint density at radius 1 is 1.41 bits per heavy atom. The van der Waals surface area contributed by atoms with Crippen molar-refractivity contribution in [3.05, 3.63) is 0 Å². The average molecular weight is 259 g/mol. The van der Waals surface area contributed by atoms with E-state index in [2.05, 4.69) is 10.6 Å². The third-order valence-electron chi connectivity index (χ3n) is 2.95. The van der Waals surface area contributed by atoms with Crippen molar-refractivity contribution in [2.45, 2.75) is 44.2 Å². The predicted molar refractivity (Wildman–Crippen MR) is 69.9 cm³/mol. The molecule has 0 heterocycles. The van der Waals surface area contributed by atoms with Crippen molar-refractivity contribution < 1.29 is 9.59 Å². The van der Waals surface area contributed by atoms with Crippen molar-refractivity contribution in [1.29, 1.82) is 0 Å². The minimum absolute atomic E-state index is 0.107. The Kier molecular flexibility index (Phi) is 6.18. The number of thioether (sulfide) groups is 1. The average Bonchev–Trinajstić information content (AvgIpc) is 2.76. The van der Waals surface area contributed by atoms with E-state index in [-0.39, 0.29) is 11.9 Å². The van der Waals surface area contributed by atoms with Crippen LogP contribution in [0.25, 0.3) is 0 Å². The highest BCUT2D eigenvalue weighted by molar-refractivity contribution is 7.98. The first-order chi connectivity index (χ1) is 8.13. The molecular formula is C11H21N3O2S. The molecule has 6 heteroatoms. The number of rotatable bonds is 6. The van der Waals surface area contributed by atoms with Crippen LogP contribution < -0.4 is 16.4 Å². The SMILES string of the molecule is CSCCC(NC(N)=O)C(=O)NC1CCCC1. The molecule has 1 saturated carbocycles. The first kappa shape index (κ1) is 14.2. The van der Waals surface area contributed by atoms with E-state index in [4.69, 9.17) is 5.73 Å². The van der Waals surface area contributed by atoms with Crippen LogP contribution in [0, 0.1) is 0 Å². The summed E-state index contributed by atoms with van der Waals surface area (Å²) in [5, 5.41) is 5.48. The van der Waals surface area contributed by atoms with E-state index in [0.29, 0.717) is 6.42 Å². The molecule has 1 aliphatic carbocycles. The molecular weight excluding hydrogens is 238 g/mol. The fraction of sp³-hybridized carbons (Fsp3) is 0.818. The van der Waals surface area contributed by atoms with E-state index in [1.807, 2.05) is 6.26 Å². The summed E-state index contributed by atoms with van der Waals surface area (Å²) < 4.78 is 0. The molecule has 17 heavy (non-hydrogen) atoms. The Balaban J connectivity index is 2.42. The second-order valence-corrected chi connectivity index (χ2v) is 5.32. The highest BCUT2D eigenvalue weighted by Crippen LogP contribution is 2.17. The molecule has 0 saturated heterocycles. The summed E-state index contributed by atoms with van der Waals surface area (Å²) in [6, 6.07) is -0.868. The lowest BCUT2D eigenvalue weighted by Gasteiger charge is -2.19. The molecule has 1 rings (SSSR count). The maximum absolute atomic E-state index is 11.9. The summed E-state index contributed by atoms with van der Waals surface area (Å²) in [5.74, 6) is 0.716. The molecule has 4 N–H and O–H groups in total. The van der Waals surface area contributed by atoms with E-state index in [9.17, 15) is 9.59 Å². The topological polar surface area (TPSA) is 84.2 Å². The van der Waals surface area contributed by atoms with E-state index in [0.717, 1.165) is 18.6 Å². The molecule has 1 atom stereocenters. The van der Waals surface area contributed by atoms with Gasteiger partial charge < -0.3 is 16.4 Å². The van der Waals surface area contributed by atoms with Gasteiger partial charge in [-0.15, -0.1) is 0 Å². The van der Waals surface area contributed by atoms with E-state index in [1.54, 1.807) is 11.8 Å². The van der Waals surface area contributed by atoms with Gasteiger partial charge in [0.05, 0.1) is 0 Å². The van der Waals surface area contributed by atoms with Gasteiger partial charge in [-0.3, -0.25) is 4.79 Å². The zero-order valence-corrected chi connectivity index (χ0v) is 11.0. The zero-order valence-electron chi connectivity index (χ0n) is 10.2. The Morgan fingerprint density at radius 3 is 2.59 bits per heavy atom. The van der Waals surface area contributed by atoms with Crippen molar-refractivity contribution in [3.63, 3.8) is 0 Å². The summed E-state index contributed by atoms with van der Waals surface area (Å²) in [4.78, 5) is 22.8. The van der Waals surface area contributed by atoms with Crippen molar-refractivity contribution in [2.24, 2.45) is 5.73 Å². The number of carbonyl (C=O) groups is 2. The summed E-state index contributed by atoms with van der Waals surface area (Å²) in [5.41, 5.74) is 5.07. The van der Waals surface area contributed by atoms with Crippen molar-refractivity contribution in [2.75, 3.05) is 12.0 Å². The number of hydrogen-bond donors (Lipinski definition) is 3. The maximum Gasteiger partial charge on any atom is 0.312 e. The molecule has 0 spiro atoms. The standard InChI is InChI=1S/C11H21N3O2S/c1-17-7-6-9(14-11(12)16)10(15)13-8-4-2-3-5-8/h8-9H,2-7H2,1H3,(H,13,15)(H3,12,14,16). The summed E-state index contributed by atoms with van der Waals surface area (Å²) in [6.07, 6.45) is 7.00. The van der Waals surface area contributed by atoms with Crippen LogP contribution >= 0.6 is 11.8 Å². The summed E-state index contributed by atoms with van der Waals surface area (Å²) in [7, 11) is 0. The third kappa shape index (κ3) is 5.30. The number of urea groups is 1. The lowest BCUT2D eigenvalue weighted by atomic mass is 10.2. The van der Waals surface area contributed by atoms with Gasteiger partial charge in [0.15, 0.2) is 0 Å². The Labute approximate surface area is 106 Å². The molecule has 0 aromatic carbocycles. The molecule has 0 aromatic rings. The van der Waals surface area contributed by atoms with E-state index in [1.165, 1.54) is 12.8 Å². The quantitative estimate of drug-likeness (QED) is 0.660. The lowest BCUT2D eigenvalue weighted by Crippen LogP contribution is -2.50. The highest BCUT2D eigenvalue weighted by Gasteiger charge is 2.23. The minimum Gasteiger partial charge on any atom is -0.352 e. The zero-order chi connectivity index (χ0) is 12.7. The van der Waals surface area contributed by atoms with Crippen LogP contribution in [0.4, 0.5) is 4.79 Å². The van der Waals surface area contributed by atoms with E-state index < -0.39 is 12.1 Å². The Bertz CT molecular complexity index is 267. The molecule has 3 amide bonds. The number of carbonyl (C=O) groups excluding carboxylic acids is 2. The first-order valence-corrected chi connectivity index (χ1v) is 7.38. The van der Waals surface area contributed by atoms with Crippen LogP contribution in [0.15, 0.2) is 0 Å². The number of hydrogen-bond acceptors (Lipinski definition) is 3. The summed E-state index contributed by atoms with van der Waals surface area (Å²) in [6.45, 7) is 0. The van der Waals surface area contributed by atoms with Gasteiger partial charge in [0.2, 0.25) is 5.91 Å². The van der Waals surface area contributed by atoms with Crippen LogP contribution in [-0.2, 0) is 4.79 Å². The van der Waals surface area contributed by atoms with Crippen LogP contribution in [0.2, 0.25) is 0 Å². The second kappa shape index (κ2) is 7.42. The number of nitrogens with one attached hydrogen (secondary N) is 2. The molecule has 0 aliphatic heterocycles. The molecule has 1 unspecified atom stereocenters. The van der Waals surface area contributed by atoms with Crippen LogP contribution in [0.5, 0.6) is 0 Å². The van der Waals surface area contributed by atoms with Crippen molar-refractivity contribution in [1.82, 2.24) is 10.6 Å². The molecule has 0 bridgehead atoms. The van der Waals surface area contributed by atoms with Crippen LogP contribution in [0.1, 0.15) is 32.1 Å². The first-order valence-electron chi connectivity index (χ1n) is 5.98. The molecule has 1 fully saturated rings. The van der Waals surface area contributed by atoms with Gasteiger partial charge in [0, 0.05) is 6.04 Å². The fourth-order valence-electron chi connectivity index (χ4n) is 2.05. The lowest BCUT2D eigenvalue weighted by molar-refractivity contribution is -0.123. The Hall–Kier alpha value is -0.910. The molecule has 5 nitrogen and oxygen atoms in total. The second-order valence-electron chi connectivity index (χ2n) is 4.33. The number of nitrogens with two attached hydrogens (primary N) is 1. The minimum atomic E-state index is -0.641. The van der Waals surface area contributed by atoms with Gasteiger partial charge in [-0.25, -0.2) is 4.79 Å².